The summed E-state index contributed by atoms with van der Waals surface area (Å²) in [6.07, 6.45) is 67.8. The second-order valence-corrected chi connectivity index (χ2v) is 21.0. The normalized spacial score (nSPS) is 12.6. The van der Waals surface area contributed by atoms with Crippen molar-refractivity contribution < 1.29 is 24.5 Å². The largest absolute Gasteiger partial charge is 0.466 e. The molecule has 0 aliphatic rings. The van der Waals surface area contributed by atoms with Crippen molar-refractivity contribution in [3.05, 3.63) is 12.2 Å². The molecule has 0 fully saturated rings. The van der Waals surface area contributed by atoms with E-state index < -0.39 is 12.1 Å². The molecule has 6 nitrogen and oxygen atoms in total. The van der Waals surface area contributed by atoms with E-state index in [4.69, 9.17) is 4.74 Å². The van der Waals surface area contributed by atoms with Gasteiger partial charge >= 0.3 is 5.97 Å². The lowest BCUT2D eigenvalue weighted by atomic mass is 10.0. The molecule has 6 heteroatoms. The van der Waals surface area contributed by atoms with Crippen LogP contribution >= 0.6 is 0 Å². The summed E-state index contributed by atoms with van der Waals surface area (Å²) in [5.41, 5.74) is 0. The summed E-state index contributed by atoms with van der Waals surface area (Å²) >= 11 is 0. The van der Waals surface area contributed by atoms with Crippen LogP contribution in [0.1, 0.15) is 341 Å². The minimum atomic E-state index is -0.680. The molecule has 2 atom stereocenters. The minimum Gasteiger partial charge on any atom is -0.466 e. The van der Waals surface area contributed by atoms with E-state index in [2.05, 4.69) is 31.3 Å². The average Bonchev–Trinajstić information content (AvgIpc) is 3.33. The molecule has 1 amide bonds. The molecule has 0 aliphatic carbocycles. The Morgan fingerprint density at radius 1 is 0.403 bits per heavy atom. The summed E-state index contributed by atoms with van der Waals surface area (Å²) in [6, 6.07) is -0.559. The molecule has 3 N–H and O–H groups in total. The average molecular weight is 947 g/mol. The van der Waals surface area contributed by atoms with E-state index in [0.29, 0.717) is 25.9 Å². The van der Waals surface area contributed by atoms with Gasteiger partial charge in [-0.2, -0.15) is 0 Å². The Morgan fingerprint density at radius 2 is 0.701 bits per heavy atom. The van der Waals surface area contributed by atoms with Crippen molar-refractivity contribution in [2.75, 3.05) is 13.2 Å². The van der Waals surface area contributed by atoms with Crippen LogP contribution in [0.4, 0.5) is 0 Å². The summed E-state index contributed by atoms with van der Waals surface area (Å²) in [7, 11) is 0. The fourth-order valence-corrected chi connectivity index (χ4v) is 9.64. The van der Waals surface area contributed by atoms with Crippen LogP contribution in [0.25, 0.3) is 0 Å². The first-order chi connectivity index (χ1) is 33.0. The van der Waals surface area contributed by atoms with Crippen molar-refractivity contribution in [1.29, 1.82) is 0 Å². The van der Waals surface area contributed by atoms with Gasteiger partial charge in [0, 0.05) is 12.8 Å². The molecule has 0 spiro atoms. The highest BCUT2D eigenvalue weighted by molar-refractivity contribution is 5.76. The predicted molar refractivity (Wildman–Crippen MR) is 292 cm³/mol. The zero-order chi connectivity index (χ0) is 48.6. The lowest BCUT2D eigenvalue weighted by Gasteiger charge is -2.22. The number of amides is 1. The fourth-order valence-electron chi connectivity index (χ4n) is 9.64. The summed E-state index contributed by atoms with van der Waals surface area (Å²) in [6.45, 7) is 4.92. The predicted octanol–water partition coefficient (Wildman–Crippen LogP) is 18.9. The van der Waals surface area contributed by atoms with Gasteiger partial charge in [0.1, 0.15) is 0 Å². The van der Waals surface area contributed by atoms with E-state index in [1.165, 1.54) is 250 Å². The number of aliphatic hydroxyl groups excluding tert-OH is 2. The van der Waals surface area contributed by atoms with Crippen molar-refractivity contribution in [3.63, 3.8) is 0 Å². The van der Waals surface area contributed by atoms with Crippen LogP contribution < -0.4 is 5.32 Å². The van der Waals surface area contributed by atoms with Crippen molar-refractivity contribution in [2.24, 2.45) is 0 Å². The van der Waals surface area contributed by atoms with Crippen LogP contribution in [0, 0.1) is 0 Å². The van der Waals surface area contributed by atoms with Gasteiger partial charge in [0.15, 0.2) is 0 Å². The van der Waals surface area contributed by atoms with E-state index >= 15 is 0 Å². The number of unbranched alkanes of at least 4 members (excludes halogenated alkanes) is 44. The molecular weight excluding hydrogens is 827 g/mol. The number of hydrogen-bond donors (Lipinski definition) is 3. The molecule has 0 heterocycles. The van der Waals surface area contributed by atoms with Gasteiger partial charge in [0.05, 0.1) is 25.4 Å². The van der Waals surface area contributed by atoms with Gasteiger partial charge < -0.3 is 20.3 Å². The molecule has 0 aromatic carbocycles. The van der Waals surface area contributed by atoms with E-state index in [1.54, 1.807) is 0 Å². The second-order valence-electron chi connectivity index (χ2n) is 21.0. The maximum atomic E-state index is 12.5. The van der Waals surface area contributed by atoms with E-state index in [1.807, 2.05) is 0 Å². The van der Waals surface area contributed by atoms with Gasteiger partial charge in [-0.1, -0.05) is 289 Å². The van der Waals surface area contributed by atoms with Crippen LogP contribution in [-0.2, 0) is 14.3 Å². The molecule has 0 aromatic heterocycles. The quantitative estimate of drug-likeness (QED) is 0.0321. The van der Waals surface area contributed by atoms with Crippen LogP contribution in [0.5, 0.6) is 0 Å². The Morgan fingerprint density at radius 3 is 1.06 bits per heavy atom. The van der Waals surface area contributed by atoms with Crippen LogP contribution in [0.2, 0.25) is 0 Å². The maximum absolute atomic E-state index is 12.5. The van der Waals surface area contributed by atoms with Crippen molar-refractivity contribution in [2.45, 2.75) is 353 Å². The Kier molecular flexibility index (Phi) is 56.0. The van der Waals surface area contributed by atoms with Gasteiger partial charge in [-0.25, -0.2) is 0 Å². The van der Waals surface area contributed by atoms with Crippen molar-refractivity contribution in [1.82, 2.24) is 5.32 Å². The number of carbonyl (C=O) groups excluding carboxylic acids is 2. The zero-order valence-corrected chi connectivity index (χ0v) is 45.4. The summed E-state index contributed by atoms with van der Waals surface area (Å²) < 4.78 is 5.47. The lowest BCUT2D eigenvalue weighted by molar-refractivity contribution is -0.143. The van der Waals surface area contributed by atoms with Crippen LogP contribution in [0.15, 0.2) is 12.2 Å². The van der Waals surface area contributed by atoms with Crippen LogP contribution in [0.3, 0.4) is 0 Å². The molecule has 0 aliphatic heterocycles. The first kappa shape index (κ1) is 65.6. The minimum absolute atomic E-state index is 0.0247. The SMILES string of the molecule is CCCCCCCCC/C=C\CCCCCCCC(=O)OCCCCCCCCCCCCC(=O)NC(CO)C(O)CCCCCCCCCCCCCCCCCCCCCCCCCC. The lowest BCUT2D eigenvalue weighted by Crippen LogP contribution is -2.45. The third kappa shape index (κ3) is 53.8. The van der Waals surface area contributed by atoms with Gasteiger partial charge in [-0.15, -0.1) is 0 Å². The molecule has 0 rings (SSSR count). The highest BCUT2D eigenvalue weighted by Crippen LogP contribution is 2.18. The highest BCUT2D eigenvalue weighted by Gasteiger charge is 2.20. The number of rotatable bonds is 57. The number of carbonyl (C=O) groups is 2. The Balaban J connectivity index is 3.45. The standard InChI is InChI=1S/C61H119NO5/c1-3-5-7-9-11-13-15-17-19-21-22-23-24-25-26-27-28-29-31-33-37-41-45-49-53-59(64)58(57-63)62-60(65)54-50-46-42-38-35-36-40-44-48-52-56-67-61(66)55-51-47-43-39-34-32-30-20-18-16-14-12-10-8-6-4-2/h20,30,58-59,63-64H,3-19,21-29,31-57H2,1-2H3,(H,62,65)/b30-20-. The fraction of sp³-hybridized carbons (Fsp3) is 0.934. The number of allylic oxidation sites excluding steroid dienone is 2. The first-order valence-corrected chi connectivity index (χ1v) is 30.4. The smallest absolute Gasteiger partial charge is 0.305 e. The molecule has 0 saturated heterocycles. The second kappa shape index (κ2) is 57.2. The molecule has 0 bridgehead atoms. The topological polar surface area (TPSA) is 95.9 Å². The Labute approximate surface area is 419 Å². The van der Waals surface area contributed by atoms with Crippen molar-refractivity contribution >= 4 is 11.9 Å². The van der Waals surface area contributed by atoms with E-state index in [0.717, 1.165) is 57.8 Å². The molecule has 0 radical (unpaired) electrons. The van der Waals surface area contributed by atoms with E-state index in [-0.39, 0.29) is 18.5 Å². The number of aliphatic hydroxyl groups is 2. The number of ether oxygens (including phenoxy) is 1. The summed E-state index contributed by atoms with van der Waals surface area (Å²) in [5.74, 6) is -0.0787. The van der Waals surface area contributed by atoms with Gasteiger partial charge in [-0.05, 0) is 51.4 Å². The van der Waals surface area contributed by atoms with Gasteiger partial charge in [-0.3, -0.25) is 9.59 Å². The zero-order valence-electron chi connectivity index (χ0n) is 45.4. The number of esters is 1. The number of hydrogen-bond acceptors (Lipinski definition) is 5. The molecule has 67 heavy (non-hydrogen) atoms. The van der Waals surface area contributed by atoms with E-state index in [9.17, 15) is 19.8 Å². The molecule has 0 saturated carbocycles. The van der Waals surface area contributed by atoms with Crippen molar-refractivity contribution in [3.8, 4) is 0 Å². The molecule has 398 valence electrons. The monoisotopic (exact) mass is 946 g/mol. The number of nitrogens with one attached hydrogen (secondary N) is 1. The third-order valence-electron chi connectivity index (χ3n) is 14.3. The molecule has 0 aromatic rings. The third-order valence-corrected chi connectivity index (χ3v) is 14.3. The first-order valence-electron chi connectivity index (χ1n) is 30.4. The Bertz CT molecular complexity index is 1000. The molecule has 2 unspecified atom stereocenters. The maximum Gasteiger partial charge on any atom is 0.305 e. The molecular formula is C61H119NO5. The summed E-state index contributed by atoms with van der Waals surface area (Å²) in [4.78, 5) is 24.6. The highest BCUT2D eigenvalue weighted by atomic mass is 16.5. The Hall–Kier alpha value is -1.40. The van der Waals surface area contributed by atoms with Crippen LogP contribution in [-0.4, -0.2) is 47.4 Å². The summed E-state index contributed by atoms with van der Waals surface area (Å²) in [5, 5.41) is 23.4. The van der Waals surface area contributed by atoms with Gasteiger partial charge in [0.25, 0.3) is 0 Å². The van der Waals surface area contributed by atoms with Gasteiger partial charge in [0.2, 0.25) is 5.91 Å².